The molecule has 0 radical (unpaired) electrons. The van der Waals surface area contributed by atoms with Gasteiger partial charge in [0.1, 0.15) is 11.6 Å². The molecule has 0 saturated heterocycles. The first-order valence-electron chi connectivity index (χ1n) is 7.02. The molecule has 1 aromatic heterocycles. The standard InChI is InChI=1S/C15H15F2N3O3S/c1-8-12(7-9-10(16)3-2-4-11(9)17)24-15(19-8)20-14(23)18-6-5-13(21)22/h2-4H,5-7H2,1H3,(H,21,22)(H2,18,19,20,23). The van der Waals surface area contributed by atoms with Crippen molar-refractivity contribution in [1.82, 2.24) is 10.3 Å². The van der Waals surface area contributed by atoms with E-state index >= 15 is 0 Å². The van der Waals surface area contributed by atoms with Gasteiger partial charge in [0.25, 0.3) is 0 Å². The summed E-state index contributed by atoms with van der Waals surface area (Å²) < 4.78 is 27.4. The minimum absolute atomic E-state index is 0.0151. The molecule has 1 heterocycles. The van der Waals surface area contributed by atoms with Crippen LogP contribution in [0.3, 0.4) is 0 Å². The van der Waals surface area contributed by atoms with Gasteiger partial charge in [0.05, 0.1) is 12.1 Å². The smallest absolute Gasteiger partial charge is 0.321 e. The van der Waals surface area contributed by atoms with Gasteiger partial charge in [-0.25, -0.2) is 18.6 Å². The minimum atomic E-state index is -1.02. The number of aryl methyl sites for hydroxylation is 1. The Kier molecular flexibility index (Phi) is 5.80. The zero-order valence-corrected chi connectivity index (χ0v) is 13.5. The number of rotatable bonds is 6. The molecule has 0 aliphatic rings. The number of carbonyl (C=O) groups excluding carboxylic acids is 1. The predicted octanol–water partition coefficient (Wildman–Crippen LogP) is 2.92. The fourth-order valence-corrected chi connectivity index (χ4v) is 2.90. The lowest BCUT2D eigenvalue weighted by molar-refractivity contribution is -0.136. The van der Waals surface area contributed by atoms with Gasteiger partial charge in [-0.3, -0.25) is 10.1 Å². The Hall–Kier alpha value is -2.55. The highest BCUT2D eigenvalue weighted by Gasteiger charge is 2.15. The maximum Gasteiger partial charge on any atom is 0.321 e. The summed E-state index contributed by atoms with van der Waals surface area (Å²) >= 11 is 1.11. The van der Waals surface area contributed by atoms with Crippen LogP contribution in [-0.4, -0.2) is 28.6 Å². The summed E-state index contributed by atoms with van der Waals surface area (Å²) in [5.41, 5.74) is 0.505. The van der Waals surface area contributed by atoms with E-state index in [2.05, 4.69) is 15.6 Å². The van der Waals surface area contributed by atoms with E-state index in [0.29, 0.717) is 10.6 Å². The predicted molar refractivity (Wildman–Crippen MR) is 85.3 cm³/mol. The fourth-order valence-electron chi connectivity index (χ4n) is 1.93. The van der Waals surface area contributed by atoms with Crippen molar-refractivity contribution in [1.29, 1.82) is 0 Å². The third-order valence-electron chi connectivity index (χ3n) is 3.14. The SMILES string of the molecule is Cc1nc(NC(=O)NCCC(=O)O)sc1Cc1c(F)cccc1F. The first-order valence-corrected chi connectivity index (χ1v) is 7.84. The molecule has 1 aromatic carbocycles. The van der Waals surface area contributed by atoms with Crippen LogP contribution in [0.4, 0.5) is 18.7 Å². The fraction of sp³-hybridized carbons (Fsp3) is 0.267. The van der Waals surface area contributed by atoms with Gasteiger partial charge in [-0.05, 0) is 19.1 Å². The maximum absolute atomic E-state index is 13.7. The Labute approximate surface area is 140 Å². The van der Waals surface area contributed by atoms with Crippen LogP contribution in [0.15, 0.2) is 18.2 Å². The molecule has 0 saturated carbocycles. The van der Waals surface area contributed by atoms with E-state index in [0.717, 1.165) is 11.3 Å². The molecule has 128 valence electrons. The molecule has 2 rings (SSSR count). The number of carboxylic acids is 1. The number of carboxylic acid groups (broad SMARTS) is 1. The number of aromatic nitrogens is 1. The Morgan fingerprint density at radius 2 is 1.96 bits per heavy atom. The van der Waals surface area contributed by atoms with Crippen LogP contribution >= 0.6 is 11.3 Å². The highest BCUT2D eigenvalue weighted by molar-refractivity contribution is 7.15. The van der Waals surface area contributed by atoms with Gasteiger partial charge in [-0.1, -0.05) is 6.07 Å². The second-order valence-corrected chi connectivity index (χ2v) is 6.01. The molecule has 0 spiro atoms. The van der Waals surface area contributed by atoms with Gasteiger partial charge in [0.2, 0.25) is 0 Å². The molecule has 9 heteroatoms. The Balaban J connectivity index is 2.02. The van der Waals surface area contributed by atoms with Crippen LogP contribution in [0.1, 0.15) is 22.6 Å². The van der Waals surface area contributed by atoms with Gasteiger partial charge in [-0.15, -0.1) is 11.3 Å². The molecule has 0 unspecified atom stereocenters. The van der Waals surface area contributed by atoms with E-state index in [9.17, 15) is 18.4 Å². The van der Waals surface area contributed by atoms with E-state index in [-0.39, 0.29) is 30.1 Å². The number of hydrogen-bond donors (Lipinski definition) is 3. The summed E-state index contributed by atoms with van der Waals surface area (Å²) in [4.78, 5) is 26.7. The molecule has 24 heavy (non-hydrogen) atoms. The quantitative estimate of drug-likeness (QED) is 0.743. The summed E-state index contributed by atoms with van der Waals surface area (Å²) in [7, 11) is 0. The largest absolute Gasteiger partial charge is 0.481 e. The second kappa shape index (κ2) is 7.82. The molecule has 0 aliphatic carbocycles. The number of thiazole rings is 1. The topological polar surface area (TPSA) is 91.3 Å². The number of hydrogen-bond acceptors (Lipinski definition) is 4. The van der Waals surface area contributed by atoms with Crippen molar-refractivity contribution in [2.45, 2.75) is 19.8 Å². The lowest BCUT2D eigenvalue weighted by atomic mass is 10.1. The molecule has 0 bridgehead atoms. The summed E-state index contributed by atoms with van der Waals surface area (Å²) in [6.07, 6.45) is -0.160. The van der Waals surface area contributed by atoms with Gasteiger partial charge in [-0.2, -0.15) is 0 Å². The van der Waals surface area contributed by atoms with Crippen molar-refractivity contribution >= 4 is 28.5 Å². The zero-order chi connectivity index (χ0) is 17.7. The highest BCUT2D eigenvalue weighted by atomic mass is 32.1. The molecule has 0 atom stereocenters. The number of aliphatic carboxylic acids is 1. The molecule has 3 N–H and O–H groups in total. The van der Waals surface area contributed by atoms with E-state index < -0.39 is 23.6 Å². The van der Waals surface area contributed by atoms with Gasteiger partial charge >= 0.3 is 12.0 Å². The third-order valence-corrected chi connectivity index (χ3v) is 4.21. The van der Waals surface area contributed by atoms with Crippen LogP contribution in [0.25, 0.3) is 0 Å². The molecular formula is C15H15F2N3O3S. The number of nitrogens with zero attached hydrogens (tertiary/aromatic N) is 1. The first kappa shape index (κ1) is 17.8. The normalized spacial score (nSPS) is 10.5. The zero-order valence-electron chi connectivity index (χ0n) is 12.7. The number of amides is 2. The third kappa shape index (κ3) is 4.72. The van der Waals surface area contributed by atoms with Crippen molar-refractivity contribution < 1.29 is 23.5 Å². The monoisotopic (exact) mass is 355 g/mol. The number of halogens is 2. The van der Waals surface area contributed by atoms with E-state index in [1.807, 2.05) is 0 Å². The Morgan fingerprint density at radius 3 is 2.58 bits per heavy atom. The van der Waals surface area contributed by atoms with E-state index in [1.165, 1.54) is 18.2 Å². The van der Waals surface area contributed by atoms with Crippen molar-refractivity contribution in [2.75, 3.05) is 11.9 Å². The molecule has 2 aromatic rings. The lowest BCUT2D eigenvalue weighted by Gasteiger charge is -2.03. The number of benzene rings is 1. The van der Waals surface area contributed by atoms with Crippen molar-refractivity contribution in [3.05, 3.63) is 46.0 Å². The number of nitrogens with one attached hydrogen (secondary N) is 2. The summed E-state index contributed by atoms with van der Waals surface area (Å²) in [5.74, 6) is -2.29. The molecule has 2 amide bonds. The van der Waals surface area contributed by atoms with Crippen LogP contribution < -0.4 is 10.6 Å². The molecule has 0 aliphatic heterocycles. The van der Waals surface area contributed by atoms with Crippen molar-refractivity contribution in [3.8, 4) is 0 Å². The summed E-state index contributed by atoms with van der Waals surface area (Å²) in [6, 6.07) is 3.07. The molecule has 0 fully saturated rings. The first-order chi connectivity index (χ1) is 11.4. The van der Waals surface area contributed by atoms with E-state index in [1.54, 1.807) is 6.92 Å². The van der Waals surface area contributed by atoms with Crippen molar-refractivity contribution in [2.24, 2.45) is 0 Å². The molecule has 6 nitrogen and oxygen atoms in total. The maximum atomic E-state index is 13.7. The highest BCUT2D eigenvalue weighted by Crippen LogP contribution is 2.27. The average molecular weight is 355 g/mol. The Bertz CT molecular complexity index is 744. The summed E-state index contributed by atoms with van der Waals surface area (Å²) in [6.45, 7) is 1.66. The number of anilines is 1. The van der Waals surface area contributed by atoms with Crippen LogP contribution in [0.2, 0.25) is 0 Å². The van der Waals surface area contributed by atoms with Crippen LogP contribution in [0.5, 0.6) is 0 Å². The van der Waals surface area contributed by atoms with Crippen LogP contribution in [-0.2, 0) is 11.2 Å². The number of carbonyl (C=O) groups is 2. The lowest BCUT2D eigenvalue weighted by Crippen LogP contribution is -2.30. The number of urea groups is 1. The second-order valence-electron chi connectivity index (χ2n) is 4.93. The minimum Gasteiger partial charge on any atom is -0.481 e. The summed E-state index contributed by atoms with van der Waals surface area (Å²) in [5, 5.41) is 13.6. The average Bonchev–Trinajstić information content (AvgIpc) is 2.82. The van der Waals surface area contributed by atoms with Gasteiger partial charge in [0, 0.05) is 23.4 Å². The van der Waals surface area contributed by atoms with Gasteiger partial charge < -0.3 is 10.4 Å². The van der Waals surface area contributed by atoms with E-state index in [4.69, 9.17) is 5.11 Å². The Morgan fingerprint density at radius 1 is 1.29 bits per heavy atom. The molecular weight excluding hydrogens is 340 g/mol. The van der Waals surface area contributed by atoms with Gasteiger partial charge in [0.15, 0.2) is 5.13 Å². The van der Waals surface area contributed by atoms with Crippen molar-refractivity contribution in [3.63, 3.8) is 0 Å². The van der Waals surface area contributed by atoms with Crippen LogP contribution in [0, 0.1) is 18.6 Å².